The maximum absolute atomic E-state index is 5.83. The van der Waals surface area contributed by atoms with Crippen LogP contribution in [0.5, 0.6) is 5.75 Å². The first-order valence-corrected chi connectivity index (χ1v) is 6.01. The van der Waals surface area contributed by atoms with Crippen molar-refractivity contribution in [2.24, 2.45) is 4.99 Å². The maximum Gasteiger partial charge on any atom is 0.144 e. The summed E-state index contributed by atoms with van der Waals surface area (Å²) in [6, 6.07) is 13.5. The second-order valence-corrected chi connectivity index (χ2v) is 4.42. The Bertz CT molecular complexity index is 561. The number of benzene rings is 2. The van der Waals surface area contributed by atoms with Crippen LogP contribution in [0.15, 0.2) is 47.5 Å². The number of aryl methyl sites for hydroxylation is 1. The van der Waals surface area contributed by atoms with E-state index in [-0.39, 0.29) is 0 Å². The van der Waals surface area contributed by atoms with Gasteiger partial charge in [0.15, 0.2) is 0 Å². The fourth-order valence-corrected chi connectivity index (χ4v) is 1.71. The minimum absolute atomic E-state index is 0.722. The molecule has 2 aromatic rings. The molecule has 0 saturated heterocycles. The molecule has 0 aliphatic rings. The average molecular weight is 260 g/mol. The molecule has 0 heterocycles. The molecule has 18 heavy (non-hydrogen) atoms. The molecule has 0 spiro atoms. The van der Waals surface area contributed by atoms with E-state index in [0.717, 1.165) is 27.6 Å². The first kappa shape index (κ1) is 12.7. The Hall–Kier alpha value is -1.80. The lowest BCUT2D eigenvalue weighted by Crippen LogP contribution is -1.85. The largest absolute Gasteiger partial charge is 0.494 e. The lowest BCUT2D eigenvalue weighted by atomic mass is 10.2. The summed E-state index contributed by atoms with van der Waals surface area (Å²) in [4.78, 5) is 4.42. The van der Waals surface area contributed by atoms with Gasteiger partial charge in [-0.05, 0) is 42.3 Å². The highest BCUT2D eigenvalue weighted by molar-refractivity contribution is 6.30. The van der Waals surface area contributed by atoms with Crippen molar-refractivity contribution in [3.8, 4) is 5.75 Å². The van der Waals surface area contributed by atoms with Crippen molar-refractivity contribution in [2.45, 2.75) is 6.92 Å². The third-order valence-electron chi connectivity index (χ3n) is 2.56. The molecular formula is C15H14ClNO. The molecular weight excluding hydrogens is 246 g/mol. The zero-order valence-electron chi connectivity index (χ0n) is 10.4. The lowest BCUT2D eigenvalue weighted by Gasteiger charge is -2.04. The Labute approximate surface area is 112 Å². The van der Waals surface area contributed by atoms with Crippen LogP contribution < -0.4 is 4.74 Å². The molecule has 0 N–H and O–H groups in total. The lowest BCUT2D eigenvalue weighted by molar-refractivity contribution is 0.416. The summed E-state index contributed by atoms with van der Waals surface area (Å²) in [5, 5.41) is 0.722. The van der Waals surface area contributed by atoms with Crippen LogP contribution in [0.1, 0.15) is 11.1 Å². The van der Waals surface area contributed by atoms with Gasteiger partial charge >= 0.3 is 0 Å². The smallest absolute Gasteiger partial charge is 0.144 e. The van der Waals surface area contributed by atoms with Crippen LogP contribution in [0.4, 0.5) is 5.69 Å². The standard InChI is InChI=1S/C15H14ClNO/c1-11-3-8-14(15(9-11)18-2)17-10-12-4-6-13(16)7-5-12/h3-10H,1-2H3. The van der Waals surface area contributed by atoms with E-state index in [0.29, 0.717) is 0 Å². The van der Waals surface area contributed by atoms with Gasteiger partial charge in [-0.15, -0.1) is 0 Å². The zero-order chi connectivity index (χ0) is 13.0. The summed E-state index contributed by atoms with van der Waals surface area (Å²) in [6.45, 7) is 2.02. The third kappa shape index (κ3) is 3.11. The van der Waals surface area contributed by atoms with Crippen molar-refractivity contribution in [1.29, 1.82) is 0 Å². The molecule has 0 bridgehead atoms. The van der Waals surface area contributed by atoms with Crippen molar-refractivity contribution in [3.05, 3.63) is 58.6 Å². The number of methoxy groups -OCH3 is 1. The molecule has 2 nitrogen and oxygen atoms in total. The molecule has 0 fully saturated rings. The van der Waals surface area contributed by atoms with Gasteiger partial charge in [0.05, 0.1) is 7.11 Å². The minimum Gasteiger partial charge on any atom is -0.494 e. The average Bonchev–Trinajstić information content (AvgIpc) is 2.39. The fourth-order valence-electron chi connectivity index (χ4n) is 1.58. The van der Waals surface area contributed by atoms with Crippen LogP contribution in [0, 0.1) is 6.92 Å². The highest BCUT2D eigenvalue weighted by Crippen LogP contribution is 2.28. The summed E-state index contributed by atoms with van der Waals surface area (Å²) < 4.78 is 5.30. The molecule has 0 amide bonds. The van der Waals surface area contributed by atoms with E-state index in [2.05, 4.69) is 4.99 Å². The predicted octanol–water partition coefficient (Wildman–Crippen LogP) is 4.41. The highest BCUT2D eigenvalue weighted by atomic mass is 35.5. The van der Waals surface area contributed by atoms with Crippen LogP contribution in [0.3, 0.4) is 0 Å². The van der Waals surface area contributed by atoms with Gasteiger partial charge in [-0.25, -0.2) is 0 Å². The normalized spacial score (nSPS) is 10.8. The van der Waals surface area contributed by atoms with Crippen molar-refractivity contribution in [1.82, 2.24) is 0 Å². The van der Waals surface area contributed by atoms with Crippen LogP contribution in [0.2, 0.25) is 5.02 Å². The molecule has 2 rings (SSSR count). The molecule has 0 unspecified atom stereocenters. The van der Waals surface area contributed by atoms with Crippen LogP contribution in [-0.4, -0.2) is 13.3 Å². The zero-order valence-corrected chi connectivity index (χ0v) is 11.1. The third-order valence-corrected chi connectivity index (χ3v) is 2.81. The Morgan fingerprint density at radius 2 is 1.83 bits per heavy atom. The summed E-state index contributed by atoms with van der Waals surface area (Å²) in [5.41, 5.74) is 2.97. The van der Waals surface area contributed by atoms with Crippen molar-refractivity contribution >= 4 is 23.5 Å². The Morgan fingerprint density at radius 1 is 1.11 bits per heavy atom. The summed E-state index contributed by atoms with van der Waals surface area (Å²) in [6.07, 6.45) is 1.80. The first-order chi connectivity index (χ1) is 8.69. The van der Waals surface area contributed by atoms with Gasteiger partial charge < -0.3 is 4.74 Å². The first-order valence-electron chi connectivity index (χ1n) is 5.63. The van der Waals surface area contributed by atoms with Crippen molar-refractivity contribution in [2.75, 3.05) is 7.11 Å². The monoisotopic (exact) mass is 259 g/mol. The number of hydrogen-bond donors (Lipinski definition) is 0. The van der Waals surface area contributed by atoms with E-state index in [1.54, 1.807) is 13.3 Å². The van der Waals surface area contributed by atoms with Gasteiger partial charge in [0, 0.05) is 11.2 Å². The Kier molecular flexibility index (Phi) is 4.00. The van der Waals surface area contributed by atoms with E-state index in [1.807, 2.05) is 49.4 Å². The van der Waals surface area contributed by atoms with Gasteiger partial charge in [0.1, 0.15) is 11.4 Å². The molecule has 0 aliphatic carbocycles. The van der Waals surface area contributed by atoms with E-state index in [9.17, 15) is 0 Å². The topological polar surface area (TPSA) is 21.6 Å². The molecule has 0 aromatic heterocycles. The molecule has 0 atom stereocenters. The number of ether oxygens (including phenoxy) is 1. The number of halogens is 1. The van der Waals surface area contributed by atoms with E-state index >= 15 is 0 Å². The summed E-state index contributed by atoms with van der Waals surface area (Å²) >= 11 is 5.83. The molecule has 0 saturated carbocycles. The molecule has 0 aliphatic heterocycles. The Morgan fingerprint density at radius 3 is 2.50 bits per heavy atom. The van der Waals surface area contributed by atoms with Gasteiger partial charge in [-0.3, -0.25) is 4.99 Å². The predicted molar refractivity (Wildman–Crippen MR) is 76.4 cm³/mol. The molecule has 2 aromatic carbocycles. The molecule has 0 radical (unpaired) electrons. The second kappa shape index (κ2) is 5.69. The van der Waals surface area contributed by atoms with E-state index in [1.165, 1.54) is 0 Å². The van der Waals surface area contributed by atoms with Crippen LogP contribution in [-0.2, 0) is 0 Å². The second-order valence-electron chi connectivity index (χ2n) is 3.99. The fraction of sp³-hybridized carbons (Fsp3) is 0.133. The van der Waals surface area contributed by atoms with Crippen LogP contribution >= 0.6 is 11.6 Å². The minimum atomic E-state index is 0.722. The number of nitrogens with zero attached hydrogens (tertiary/aromatic N) is 1. The molecule has 92 valence electrons. The quantitative estimate of drug-likeness (QED) is 0.749. The highest BCUT2D eigenvalue weighted by Gasteiger charge is 2.00. The van der Waals surface area contributed by atoms with Gasteiger partial charge in [-0.1, -0.05) is 29.8 Å². The number of hydrogen-bond acceptors (Lipinski definition) is 2. The number of rotatable bonds is 3. The molecule has 3 heteroatoms. The Balaban J connectivity index is 2.25. The van der Waals surface area contributed by atoms with Gasteiger partial charge in [-0.2, -0.15) is 0 Å². The van der Waals surface area contributed by atoms with E-state index < -0.39 is 0 Å². The van der Waals surface area contributed by atoms with E-state index in [4.69, 9.17) is 16.3 Å². The maximum atomic E-state index is 5.83. The summed E-state index contributed by atoms with van der Waals surface area (Å²) in [5.74, 6) is 0.778. The number of aliphatic imine (C=N–C) groups is 1. The SMILES string of the molecule is COc1cc(C)ccc1N=Cc1ccc(Cl)cc1. The van der Waals surface area contributed by atoms with Crippen LogP contribution in [0.25, 0.3) is 0 Å². The van der Waals surface area contributed by atoms with Gasteiger partial charge in [0.25, 0.3) is 0 Å². The van der Waals surface area contributed by atoms with Crippen molar-refractivity contribution < 1.29 is 4.74 Å². The summed E-state index contributed by atoms with van der Waals surface area (Å²) in [7, 11) is 1.65. The van der Waals surface area contributed by atoms with Gasteiger partial charge in [0.2, 0.25) is 0 Å². The van der Waals surface area contributed by atoms with Crippen molar-refractivity contribution in [3.63, 3.8) is 0 Å².